The first kappa shape index (κ1) is 45.9. The van der Waals surface area contributed by atoms with Crippen molar-refractivity contribution in [2.45, 2.75) is 155 Å². The van der Waals surface area contributed by atoms with Crippen LogP contribution in [0.1, 0.15) is 136 Å². The molecule has 2 aliphatic carbocycles. The Hall–Kier alpha value is -4.15. The van der Waals surface area contributed by atoms with Gasteiger partial charge < -0.3 is 14.4 Å². The third-order valence-electron chi connectivity index (χ3n) is 12.9. The average Bonchev–Trinajstić information content (AvgIpc) is 3.49. The highest BCUT2D eigenvalue weighted by atomic mass is 32.2. The first-order valence-electron chi connectivity index (χ1n) is 22.2. The number of fused-ring (bicyclic) bond motifs is 4. The summed E-state index contributed by atoms with van der Waals surface area (Å²) in [4.78, 5) is 69.9. The molecule has 1 N–H and O–H groups in total. The number of Topliss-reactive ketones (excluding diaryl/α,β-unsaturated/α-hetero) is 1. The maximum Gasteiger partial charge on any atom is 0.307 e. The molecule has 2 aromatic heterocycles. The van der Waals surface area contributed by atoms with Gasteiger partial charge in [0.1, 0.15) is 22.2 Å². The maximum atomic E-state index is 14.8. The molecule has 2 fully saturated rings. The largest absolute Gasteiger partial charge is 0.460 e. The molecule has 2 amide bonds. The highest BCUT2D eigenvalue weighted by molar-refractivity contribution is 7.87. The zero-order valence-corrected chi connectivity index (χ0v) is 39.4. The summed E-state index contributed by atoms with van der Waals surface area (Å²) in [7, 11) is -1.48. The van der Waals surface area contributed by atoms with Gasteiger partial charge >= 0.3 is 16.2 Å². The number of para-hydroxylation sites is 1. The number of ketones is 1. The Morgan fingerprint density at radius 3 is 2.53 bits per heavy atom. The van der Waals surface area contributed by atoms with Crippen LogP contribution in [-0.2, 0) is 46.0 Å². The van der Waals surface area contributed by atoms with Crippen molar-refractivity contribution >= 4 is 56.1 Å². The van der Waals surface area contributed by atoms with E-state index < -0.39 is 51.2 Å². The molecule has 4 aliphatic rings. The van der Waals surface area contributed by atoms with E-state index in [0.717, 1.165) is 70.1 Å². The van der Waals surface area contributed by atoms with Crippen LogP contribution in [0.15, 0.2) is 30.4 Å². The second-order valence-corrected chi connectivity index (χ2v) is 22.9. The van der Waals surface area contributed by atoms with Crippen LogP contribution < -0.4 is 9.46 Å². The van der Waals surface area contributed by atoms with E-state index in [1.165, 1.54) is 23.9 Å². The van der Waals surface area contributed by atoms with Gasteiger partial charge in [-0.25, -0.2) is 9.71 Å². The van der Waals surface area contributed by atoms with Crippen LogP contribution in [0.4, 0.5) is 0 Å². The minimum Gasteiger partial charge on any atom is -0.460 e. The number of nitrogens with one attached hydrogen (secondary N) is 1. The van der Waals surface area contributed by atoms with E-state index in [1.807, 2.05) is 34.9 Å². The standard InChI is InChI=1S/C46H64N6O8S2/c1-28(2)52-33-20-15-19-32(40-48-39-36(61-40)21-16-22-45(39,6)7)38(33)47-43(52)59-31-24-34-35(53)26-46(42(56)49-62(57,58)50(8)9)25-30(46)18-14-12-10-11-13-17-29(41(55)51(34)27-31)23-37(54)60-44(3,4)5/h14-15,18-20,28-31,34H,10-13,16-17,21-27H2,1-9H3,(H,49,56)/b18-14-/t29-,30+,31-,34+,46-/m1/s1. The van der Waals surface area contributed by atoms with Crippen LogP contribution in [0.3, 0.4) is 0 Å². The predicted octanol–water partition coefficient (Wildman–Crippen LogP) is 7.46. The Balaban J connectivity index is 1.24. The molecule has 3 aromatic rings. The number of benzene rings is 1. The fourth-order valence-electron chi connectivity index (χ4n) is 9.50. The number of esters is 1. The summed E-state index contributed by atoms with van der Waals surface area (Å²) in [5, 5.41) is 0.916. The van der Waals surface area contributed by atoms with E-state index in [1.54, 1.807) is 32.1 Å². The van der Waals surface area contributed by atoms with Gasteiger partial charge in [0.05, 0.1) is 35.6 Å². The molecule has 62 heavy (non-hydrogen) atoms. The highest BCUT2D eigenvalue weighted by Gasteiger charge is 2.61. The third-order valence-corrected chi connectivity index (χ3v) is 15.5. The second kappa shape index (κ2) is 17.4. The summed E-state index contributed by atoms with van der Waals surface area (Å²) < 4.78 is 43.4. The van der Waals surface area contributed by atoms with Crippen molar-refractivity contribution in [3.05, 3.63) is 40.9 Å². The van der Waals surface area contributed by atoms with Gasteiger partial charge in [0.15, 0.2) is 5.78 Å². The van der Waals surface area contributed by atoms with E-state index in [2.05, 4.69) is 32.4 Å². The quantitative estimate of drug-likeness (QED) is 0.168. The molecule has 14 nitrogen and oxygen atoms in total. The normalized spacial score (nSPS) is 26.3. The maximum absolute atomic E-state index is 14.8. The molecule has 338 valence electrons. The van der Waals surface area contributed by atoms with E-state index in [4.69, 9.17) is 19.4 Å². The number of ether oxygens (including phenoxy) is 2. The molecule has 1 saturated carbocycles. The molecule has 5 atom stereocenters. The number of hydrogen-bond donors (Lipinski definition) is 1. The van der Waals surface area contributed by atoms with Crippen molar-refractivity contribution in [1.82, 2.24) is 28.5 Å². The fourth-order valence-corrected chi connectivity index (χ4v) is 11.4. The number of rotatable bonds is 9. The number of thiazole rings is 1. The first-order chi connectivity index (χ1) is 29.1. The van der Waals surface area contributed by atoms with Crippen LogP contribution >= 0.6 is 11.3 Å². The molecular formula is C46H64N6O8S2. The highest BCUT2D eigenvalue weighted by Crippen LogP contribution is 2.57. The molecule has 2 aliphatic heterocycles. The van der Waals surface area contributed by atoms with Gasteiger partial charge in [0.25, 0.3) is 6.01 Å². The molecule has 0 spiro atoms. The molecule has 0 unspecified atom stereocenters. The van der Waals surface area contributed by atoms with Crippen LogP contribution in [-0.4, -0.2) is 94.1 Å². The van der Waals surface area contributed by atoms with Crippen LogP contribution in [0.25, 0.3) is 21.6 Å². The summed E-state index contributed by atoms with van der Waals surface area (Å²) in [5.74, 6) is -3.02. The molecule has 7 rings (SSSR count). The van der Waals surface area contributed by atoms with E-state index in [9.17, 15) is 27.6 Å². The number of imidazole rings is 1. The van der Waals surface area contributed by atoms with Gasteiger partial charge in [-0.3, -0.25) is 23.7 Å². The van der Waals surface area contributed by atoms with E-state index in [0.29, 0.717) is 25.3 Å². The SMILES string of the molecule is CC(C)n1c(O[C@@H]2C[C@H]3C(=O)C[C@]4(C(=O)NS(=O)(=O)N(C)C)C[C@@H]4/C=C\CCCCC[C@H](CC(=O)OC(C)(C)C)C(=O)N3C2)nc2c(-c3nc4c(s3)CCCC4(C)C)cccc21. The van der Waals surface area contributed by atoms with Crippen LogP contribution in [0.5, 0.6) is 6.01 Å². The molecule has 1 aromatic carbocycles. The fraction of sp³-hybridized carbons (Fsp3) is 0.652. The molecule has 4 heterocycles. The van der Waals surface area contributed by atoms with Crippen molar-refractivity contribution in [2.24, 2.45) is 17.3 Å². The molecule has 16 heteroatoms. The van der Waals surface area contributed by atoms with Crippen molar-refractivity contribution in [1.29, 1.82) is 0 Å². The van der Waals surface area contributed by atoms with Gasteiger partial charge in [-0.05, 0) is 97.6 Å². The van der Waals surface area contributed by atoms with Gasteiger partial charge in [0, 0.05) is 54.8 Å². The molecular weight excluding hydrogens is 829 g/mol. The molecule has 1 saturated heterocycles. The van der Waals surface area contributed by atoms with Crippen molar-refractivity contribution in [3.63, 3.8) is 0 Å². The summed E-state index contributed by atoms with van der Waals surface area (Å²) in [5.41, 5.74) is 1.66. The van der Waals surface area contributed by atoms with Crippen molar-refractivity contribution in [3.8, 4) is 16.6 Å². The number of nitrogens with zero attached hydrogens (tertiary/aromatic N) is 5. The summed E-state index contributed by atoms with van der Waals surface area (Å²) in [6.45, 7) is 14.0. The lowest BCUT2D eigenvalue weighted by atomic mass is 9.79. The number of carbonyl (C=O) groups excluding carboxylic acids is 4. The second-order valence-electron chi connectivity index (χ2n) is 19.9. The number of hydrogen-bond acceptors (Lipinski definition) is 11. The van der Waals surface area contributed by atoms with Gasteiger partial charge in [-0.15, -0.1) is 11.3 Å². The number of aromatic nitrogens is 3. The minimum atomic E-state index is -4.14. The Kier molecular flexibility index (Phi) is 12.9. The summed E-state index contributed by atoms with van der Waals surface area (Å²) in [6, 6.07) is 5.39. The van der Waals surface area contributed by atoms with Crippen molar-refractivity contribution < 1.29 is 37.1 Å². The number of amides is 2. The van der Waals surface area contributed by atoms with Crippen LogP contribution in [0.2, 0.25) is 0 Å². The lowest BCUT2D eigenvalue weighted by molar-refractivity contribution is -0.159. The van der Waals surface area contributed by atoms with Crippen molar-refractivity contribution in [2.75, 3.05) is 20.6 Å². The Bertz CT molecular complexity index is 2360. The van der Waals surface area contributed by atoms with Gasteiger partial charge in [-0.1, -0.05) is 44.9 Å². The zero-order chi connectivity index (χ0) is 44.9. The molecule has 0 bridgehead atoms. The Morgan fingerprint density at radius 2 is 1.84 bits per heavy atom. The van der Waals surface area contributed by atoms with E-state index >= 15 is 0 Å². The molecule has 0 radical (unpaired) electrons. The number of allylic oxidation sites excluding steroid dienone is 2. The first-order valence-corrected chi connectivity index (χ1v) is 24.5. The summed E-state index contributed by atoms with van der Waals surface area (Å²) in [6.07, 6.45) is 9.99. The monoisotopic (exact) mass is 892 g/mol. The average molecular weight is 893 g/mol. The zero-order valence-electron chi connectivity index (χ0n) is 37.8. The lowest BCUT2D eigenvalue weighted by Gasteiger charge is -2.29. The Labute approximate surface area is 370 Å². The lowest BCUT2D eigenvalue weighted by Crippen LogP contribution is -2.47. The van der Waals surface area contributed by atoms with Crippen LogP contribution in [0, 0.1) is 17.3 Å². The van der Waals surface area contributed by atoms with Gasteiger partial charge in [-0.2, -0.15) is 17.7 Å². The summed E-state index contributed by atoms with van der Waals surface area (Å²) >= 11 is 1.72. The minimum absolute atomic E-state index is 0.00651. The van der Waals surface area contributed by atoms with Gasteiger partial charge in [0.2, 0.25) is 11.8 Å². The predicted molar refractivity (Wildman–Crippen MR) is 239 cm³/mol. The van der Waals surface area contributed by atoms with E-state index in [-0.39, 0.29) is 54.9 Å². The number of aryl methyl sites for hydroxylation is 1. The Morgan fingerprint density at radius 1 is 1.08 bits per heavy atom. The third kappa shape index (κ3) is 9.52. The smallest absolute Gasteiger partial charge is 0.307 e. The number of carbonyl (C=O) groups is 4. The topological polar surface area (TPSA) is 170 Å².